The van der Waals surface area contributed by atoms with E-state index < -0.39 is 0 Å². The molecule has 2 aromatic rings. The Morgan fingerprint density at radius 2 is 1.16 bits per heavy atom. The highest BCUT2D eigenvalue weighted by molar-refractivity contribution is 5.79. The molecule has 0 unspecified atom stereocenters. The van der Waals surface area contributed by atoms with E-state index in [0.29, 0.717) is 45.1 Å². The van der Waals surface area contributed by atoms with Gasteiger partial charge in [-0.05, 0) is 24.0 Å². The SMILES string of the molecule is O=C1CCC(COCc2ccccc2)(COCc2ccccc2)CC1. The first-order chi connectivity index (χ1) is 12.3. The zero-order chi connectivity index (χ0) is 17.4. The Morgan fingerprint density at radius 1 is 0.720 bits per heavy atom. The van der Waals surface area contributed by atoms with Gasteiger partial charge in [0.1, 0.15) is 5.78 Å². The maximum atomic E-state index is 11.7. The highest BCUT2D eigenvalue weighted by Gasteiger charge is 2.35. The van der Waals surface area contributed by atoms with Crippen molar-refractivity contribution in [1.82, 2.24) is 0 Å². The Balaban J connectivity index is 1.53. The quantitative estimate of drug-likeness (QED) is 0.708. The van der Waals surface area contributed by atoms with E-state index >= 15 is 0 Å². The Bertz CT molecular complexity index is 594. The summed E-state index contributed by atoms with van der Waals surface area (Å²) < 4.78 is 12.0. The Morgan fingerprint density at radius 3 is 1.60 bits per heavy atom. The zero-order valence-corrected chi connectivity index (χ0v) is 14.7. The first-order valence-electron chi connectivity index (χ1n) is 9.01. The summed E-state index contributed by atoms with van der Waals surface area (Å²) in [6.07, 6.45) is 3.00. The molecule has 1 fully saturated rings. The molecule has 1 aliphatic rings. The molecule has 0 atom stereocenters. The van der Waals surface area contributed by atoms with Crippen LogP contribution in [-0.2, 0) is 27.5 Å². The molecule has 2 aromatic carbocycles. The summed E-state index contributed by atoms with van der Waals surface area (Å²) >= 11 is 0. The minimum Gasteiger partial charge on any atom is -0.376 e. The van der Waals surface area contributed by atoms with Crippen LogP contribution >= 0.6 is 0 Å². The van der Waals surface area contributed by atoms with E-state index in [9.17, 15) is 4.79 Å². The second kappa shape index (κ2) is 8.93. The fourth-order valence-corrected chi connectivity index (χ4v) is 3.31. The topological polar surface area (TPSA) is 35.5 Å². The van der Waals surface area contributed by atoms with Crippen LogP contribution in [0.25, 0.3) is 0 Å². The summed E-state index contributed by atoms with van der Waals surface area (Å²) in [6, 6.07) is 20.4. The van der Waals surface area contributed by atoms with Crippen LogP contribution in [0.5, 0.6) is 0 Å². The minimum atomic E-state index is -0.0442. The summed E-state index contributed by atoms with van der Waals surface area (Å²) in [7, 11) is 0. The maximum absolute atomic E-state index is 11.7. The molecule has 0 aliphatic heterocycles. The number of benzene rings is 2. The first-order valence-corrected chi connectivity index (χ1v) is 9.01. The summed E-state index contributed by atoms with van der Waals surface area (Å²) in [5.74, 6) is 0.363. The van der Waals surface area contributed by atoms with Gasteiger partial charge in [0.2, 0.25) is 0 Å². The molecule has 1 aliphatic carbocycles. The van der Waals surface area contributed by atoms with Gasteiger partial charge in [-0.25, -0.2) is 0 Å². The van der Waals surface area contributed by atoms with Crippen LogP contribution in [0.4, 0.5) is 0 Å². The van der Waals surface area contributed by atoms with Crippen molar-refractivity contribution in [3.63, 3.8) is 0 Å². The maximum Gasteiger partial charge on any atom is 0.132 e. The fourth-order valence-electron chi connectivity index (χ4n) is 3.31. The van der Waals surface area contributed by atoms with E-state index in [0.717, 1.165) is 12.8 Å². The van der Waals surface area contributed by atoms with Gasteiger partial charge in [0.15, 0.2) is 0 Å². The molecule has 0 bridgehead atoms. The highest BCUT2D eigenvalue weighted by Crippen LogP contribution is 2.36. The van der Waals surface area contributed by atoms with Crippen LogP contribution in [0.15, 0.2) is 60.7 Å². The molecule has 0 heterocycles. The smallest absolute Gasteiger partial charge is 0.132 e. The van der Waals surface area contributed by atoms with E-state index in [1.54, 1.807) is 0 Å². The van der Waals surface area contributed by atoms with Gasteiger partial charge >= 0.3 is 0 Å². The lowest BCUT2D eigenvalue weighted by molar-refractivity contribution is -0.126. The number of Topliss-reactive ketones (excluding diaryl/α,β-unsaturated/α-hetero) is 1. The van der Waals surface area contributed by atoms with Crippen LogP contribution in [0.3, 0.4) is 0 Å². The highest BCUT2D eigenvalue weighted by atomic mass is 16.5. The van der Waals surface area contributed by atoms with Crippen LogP contribution in [-0.4, -0.2) is 19.0 Å². The summed E-state index contributed by atoms with van der Waals surface area (Å²) in [5, 5.41) is 0. The lowest BCUT2D eigenvalue weighted by atomic mass is 9.75. The van der Waals surface area contributed by atoms with Gasteiger partial charge in [0.05, 0.1) is 26.4 Å². The number of rotatable bonds is 8. The standard InChI is InChI=1S/C22H26O3/c23-21-11-13-22(14-12-21,17-24-15-19-7-3-1-4-8-19)18-25-16-20-9-5-2-6-10-20/h1-10H,11-18H2. The number of ketones is 1. The van der Waals surface area contributed by atoms with Crippen molar-refractivity contribution in [2.75, 3.05) is 13.2 Å². The molecular formula is C22H26O3. The lowest BCUT2D eigenvalue weighted by Crippen LogP contribution is -2.36. The third-order valence-electron chi connectivity index (χ3n) is 4.91. The number of carbonyl (C=O) groups excluding carboxylic acids is 1. The van der Waals surface area contributed by atoms with Gasteiger partial charge in [-0.3, -0.25) is 4.79 Å². The normalized spacial score (nSPS) is 16.7. The van der Waals surface area contributed by atoms with Crippen LogP contribution in [0, 0.1) is 5.41 Å². The van der Waals surface area contributed by atoms with E-state index in [-0.39, 0.29) is 5.41 Å². The first kappa shape index (κ1) is 17.8. The minimum absolute atomic E-state index is 0.0442. The van der Waals surface area contributed by atoms with Crippen molar-refractivity contribution in [2.45, 2.75) is 38.9 Å². The third-order valence-corrected chi connectivity index (χ3v) is 4.91. The average Bonchev–Trinajstić information content (AvgIpc) is 2.66. The monoisotopic (exact) mass is 338 g/mol. The molecule has 3 nitrogen and oxygen atoms in total. The molecular weight excluding hydrogens is 312 g/mol. The largest absolute Gasteiger partial charge is 0.376 e. The molecule has 0 radical (unpaired) electrons. The molecule has 132 valence electrons. The van der Waals surface area contributed by atoms with Gasteiger partial charge in [0, 0.05) is 18.3 Å². The Labute approximate surface area is 150 Å². The molecule has 25 heavy (non-hydrogen) atoms. The molecule has 0 amide bonds. The van der Waals surface area contributed by atoms with E-state index in [4.69, 9.17) is 9.47 Å². The Hall–Kier alpha value is -1.97. The van der Waals surface area contributed by atoms with E-state index in [1.807, 2.05) is 36.4 Å². The van der Waals surface area contributed by atoms with Gasteiger partial charge in [-0.1, -0.05) is 60.7 Å². The lowest BCUT2D eigenvalue weighted by Gasteiger charge is -2.36. The van der Waals surface area contributed by atoms with Gasteiger partial charge in [-0.2, -0.15) is 0 Å². The molecule has 0 N–H and O–H groups in total. The molecule has 3 rings (SSSR count). The van der Waals surface area contributed by atoms with Crippen molar-refractivity contribution in [1.29, 1.82) is 0 Å². The van der Waals surface area contributed by atoms with Crippen LogP contribution in [0.2, 0.25) is 0 Å². The fraction of sp³-hybridized carbons (Fsp3) is 0.409. The van der Waals surface area contributed by atoms with Gasteiger partial charge in [0.25, 0.3) is 0 Å². The van der Waals surface area contributed by atoms with E-state index in [1.165, 1.54) is 11.1 Å². The zero-order valence-electron chi connectivity index (χ0n) is 14.7. The second-order valence-electron chi connectivity index (χ2n) is 7.00. The average molecular weight is 338 g/mol. The van der Waals surface area contributed by atoms with Crippen molar-refractivity contribution < 1.29 is 14.3 Å². The number of carbonyl (C=O) groups is 1. The van der Waals surface area contributed by atoms with Crippen molar-refractivity contribution in [2.24, 2.45) is 5.41 Å². The van der Waals surface area contributed by atoms with Crippen molar-refractivity contribution in [3.05, 3.63) is 71.8 Å². The van der Waals surface area contributed by atoms with Crippen molar-refractivity contribution in [3.8, 4) is 0 Å². The number of hydrogen-bond donors (Lipinski definition) is 0. The molecule has 1 saturated carbocycles. The van der Waals surface area contributed by atoms with Gasteiger partial charge < -0.3 is 9.47 Å². The predicted molar refractivity (Wildman–Crippen MR) is 98.1 cm³/mol. The van der Waals surface area contributed by atoms with Crippen LogP contribution in [0.1, 0.15) is 36.8 Å². The molecule has 0 aromatic heterocycles. The summed E-state index contributed by atoms with van der Waals surface area (Å²) in [6.45, 7) is 2.50. The second-order valence-corrected chi connectivity index (χ2v) is 7.00. The summed E-state index contributed by atoms with van der Waals surface area (Å²) in [5.41, 5.74) is 2.31. The van der Waals surface area contributed by atoms with E-state index in [2.05, 4.69) is 24.3 Å². The molecule has 3 heteroatoms. The van der Waals surface area contributed by atoms with Crippen molar-refractivity contribution >= 4 is 5.78 Å². The number of ether oxygens (including phenoxy) is 2. The Kier molecular flexibility index (Phi) is 6.37. The predicted octanol–water partition coefficient (Wildman–Crippen LogP) is 4.55. The third kappa shape index (κ3) is 5.52. The van der Waals surface area contributed by atoms with Crippen LogP contribution < -0.4 is 0 Å². The molecule has 0 spiro atoms. The number of hydrogen-bond acceptors (Lipinski definition) is 3. The molecule has 0 saturated heterocycles. The summed E-state index contributed by atoms with van der Waals surface area (Å²) in [4.78, 5) is 11.7. The van der Waals surface area contributed by atoms with Gasteiger partial charge in [-0.15, -0.1) is 0 Å².